The van der Waals surface area contributed by atoms with Crippen LogP contribution in [-0.4, -0.2) is 31.2 Å². The lowest BCUT2D eigenvalue weighted by atomic mass is 10.1. The van der Waals surface area contributed by atoms with Crippen LogP contribution < -0.4 is 14.2 Å². The highest BCUT2D eigenvalue weighted by Gasteiger charge is 2.19. The number of hydrogen-bond donors (Lipinski definition) is 0. The van der Waals surface area contributed by atoms with Gasteiger partial charge in [-0.2, -0.15) is 0 Å². The Morgan fingerprint density at radius 3 is 2.17 bits per heavy atom. The van der Waals surface area contributed by atoms with Gasteiger partial charge in [0.15, 0.2) is 18.1 Å². The van der Waals surface area contributed by atoms with E-state index in [4.69, 9.17) is 14.2 Å². The molecule has 1 heterocycles. The molecule has 0 aliphatic carbocycles. The molecular formula is C19H25NO4. The number of carbonyl (C=O) groups is 1. The molecular weight excluding hydrogens is 306 g/mol. The zero-order chi connectivity index (χ0) is 17.9. The molecule has 0 spiro atoms. The van der Waals surface area contributed by atoms with Crippen LogP contribution in [0.2, 0.25) is 0 Å². The molecule has 2 rings (SSSR count). The van der Waals surface area contributed by atoms with Gasteiger partial charge in [0.2, 0.25) is 11.5 Å². The Hall–Kier alpha value is -2.43. The predicted octanol–water partition coefficient (Wildman–Crippen LogP) is 3.96. The molecule has 0 saturated heterocycles. The number of Topliss-reactive ketones (excluding diaryl/α,β-unsaturated/α-hetero) is 1. The third kappa shape index (κ3) is 3.40. The van der Waals surface area contributed by atoms with E-state index in [9.17, 15) is 4.79 Å². The Labute approximate surface area is 143 Å². The Balaban J connectivity index is 2.22. The fourth-order valence-electron chi connectivity index (χ4n) is 3.03. The number of benzene rings is 1. The lowest BCUT2D eigenvalue weighted by Gasteiger charge is -2.14. The van der Waals surface area contributed by atoms with E-state index in [1.807, 2.05) is 26.0 Å². The second-order valence-electron chi connectivity index (χ2n) is 5.95. The van der Waals surface area contributed by atoms with E-state index in [2.05, 4.69) is 18.4 Å². The molecule has 0 fully saturated rings. The SMILES string of the molecule is COc1cccc(OC)c1OCC(=O)c1cc(C)n(C(C)C)c1C. The lowest BCUT2D eigenvalue weighted by Crippen LogP contribution is -2.14. The molecule has 130 valence electrons. The third-order valence-corrected chi connectivity index (χ3v) is 4.03. The lowest BCUT2D eigenvalue weighted by molar-refractivity contribution is 0.0916. The fourth-order valence-corrected chi connectivity index (χ4v) is 3.03. The van der Waals surface area contributed by atoms with Crippen molar-refractivity contribution >= 4 is 5.78 Å². The van der Waals surface area contributed by atoms with Crippen molar-refractivity contribution in [2.75, 3.05) is 20.8 Å². The maximum atomic E-state index is 12.6. The monoisotopic (exact) mass is 331 g/mol. The number of aryl methyl sites for hydroxylation is 1. The summed E-state index contributed by atoms with van der Waals surface area (Å²) < 4.78 is 18.4. The van der Waals surface area contributed by atoms with Crippen LogP contribution in [0.3, 0.4) is 0 Å². The molecule has 0 N–H and O–H groups in total. The van der Waals surface area contributed by atoms with Gasteiger partial charge in [-0.15, -0.1) is 0 Å². The first kappa shape index (κ1) is 17.9. The molecule has 0 unspecified atom stereocenters. The van der Waals surface area contributed by atoms with Gasteiger partial charge in [-0.05, 0) is 45.9 Å². The van der Waals surface area contributed by atoms with Gasteiger partial charge in [-0.3, -0.25) is 4.79 Å². The van der Waals surface area contributed by atoms with Gasteiger partial charge in [0, 0.05) is 23.0 Å². The van der Waals surface area contributed by atoms with Gasteiger partial charge in [0.1, 0.15) is 0 Å². The van der Waals surface area contributed by atoms with Crippen molar-refractivity contribution in [1.29, 1.82) is 0 Å². The summed E-state index contributed by atoms with van der Waals surface area (Å²) in [4.78, 5) is 12.6. The van der Waals surface area contributed by atoms with E-state index < -0.39 is 0 Å². The number of ketones is 1. The summed E-state index contributed by atoms with van der Waals surface area (Å²) in [6.45, 7) is 8.10. The van der Waals surface area contributed by atoms with Crippen molar-refractivity contribution in [2.45, 2.75) is 33.7 Å². The van der Waals surface area contributed by atoms with Crippen LogP contribution in [0.15, 0.2) is 24.3 Å². The molecule has 0 atom stereocenters. The molecule has 5 heteroatoms. The number of nitrogens with zero attached hydrogens (tertiary/aromatic N) is 1. The van der Waals surface area contributed by atoms with Crippen LogP contribution in [0.5, 0.6) is 17.2 Å². The fraction of sp³-hybridized carbons (Fsp3) is 0.421. The van der Waals surface area contributed by atoms with Gasteiger partial charge < -0.3 is 18.8 Å². The first-order chi connectivity index (χ1) is 11.4. The van der Waals surface area contributed by atoms with Crippen molar-refractivity contribution in [3.63, 3.8) is 0 Å². The topological polar surface area (TPSA) is 49.7 Å². The highest BCUT2D eigenvalue weighted by Crippen LogP contribution is 2.36. The van der Waals surface area contributed by atoms with Crippen LogP contribution >= 0.6 is 0 Å². The number of rotatable bonds is 7. The number of para-hydroxylation sites is 1. The molecule has 1 aromatic heterocycles. The standard InChI is InChI=1S/C19H25NO4/c1-12(2)20-13(3)10-15(14(20)4)16(21)11-24-19-17(22-5)8-7-9-18(19)23-6/h7-10,12H,11H2,1-6H3. The Morgan fingerprint density at radius 2 is 1.71 bits per heavy atom. The van der Waals surface area contributed by atoms with E-state index in [1.165, 1.54) is 0 Å². The van der Waals surface area contributed by atoms with Crippen molar-refractivity contribution in [3.05, 3.63) is 41.2 Å². The van der Waals surface area contributed by atoms with Gasteiger partial charge in [-0.25, -0.2) is 0 Å². The molecule has 5 nitrogen and oxygen atoms in total. The average molecular weight is 331 g/mol. The minimum Gasteiger partial charge on any atom is -0.493 e. The molecule has 2 aromatic rings. The van der Waals surface area contributed by atoms with Crippen LogP contribution in [0.4, 0.5) is 0 Å². The number of aromatic nitrogens is 1. The minimum atomic E-state index is -0.0703. The highest BCUT2D eigenvalue weighted by atomic mass is 16.5. The van der Waals surface area contributed by atoms with Gasteiger partial charge >= 0.3 is 0 Å². The summed E-state index contributed by atoms with van der Waals surface area (Å²) in [6, 6.07) is 7.57. The molecule has 24 heavy (non-hydrogen) atoms. The summed E-state index contributed by atoms with van der Waals surface area (Å²) >= 11 is 0. The first-order valence-corrected chi connectivity index (χ1v) is 7.96. The van der Waals surface area contributed by atoms with Crippen molar-refractivity contribution in [3.8, 4) is 17.2 Å². The first-order valence-electron chi connectivity index (χ1n) is 7.96. The highest BCUT2D eigenvalue weighted by molar-refractivity contribution is 5.98. The smallest absolute Gasteiger partial charge is 0.203 e. The van der Waals surface area contributed by atoms with Gasteiger partial charge in [0.25, 0.3) is 0 Å². The average Bonchev–Trinajstić information content (AvgIpc) is 2.86. The Bertz CT molecular complexity index is 709. The maximum absolute atomic E-state index is 12.6. The second-order valence-corrected chi connectivity index (χ2v) is 5.95. The van der Waals surface area contributed by atoms with Crippen LogP contribution in [0.25, 0.3) is 0 Å². The molecule has 0 radical (unpaired) electrons. The molecule has 0 amide bonds. The summed E-state index contributed by atoms with van der Waals surface area (Å²) in [5.74, 6) is 1.45. The second kappa shape index (κ2) is 7.43. The third-order valence-electron chi connectivity index (χ3n) is 4.03. The van der Waals surface area contributed by atoms with E-state index in [0.29, 0.717) is 28.9 Å². The quantitative estimate of drug-likeness (QED) is 0.721. The molecule has 0 aliphatic rings. The number of hydrogen-bond acceptors (Lipinski definition) is 4. The summed E-state index contributed by atoms with van der Waals surface area (Å²) in [5.41, 5.74) is 2.72. The zero-order valence-electron chi connectivity index (χ0n) is 15.2. The largest absolute Gasteiger partial charge is 0.493 e. The van der Waals surface area contributed by atoms with Gasteiger partial charge in [-0.1, -0.05) is 6.07 Å². The van der Waals surface area contributed by atoms with Crippen LogP contribution in [-0.2, 0) is 0 Å². The Kier molecular flexibility index (Phi) is 5.54. The van der Waals surface area contributed by atoms with E-state index >= 15 is 0 Å². The zero-order valence-corrected chi connectivity index (χ0v) is 15.2. The van der Waals surface area contributed by atoms with E-state index in [0.717, 1.165) is 11.4 Å². The van der Waals surface area contributed by atoms with Crippen molar-refractivity contribution in [2.24, 2.45) is 0 Å². The maximum Gasteiger partial charge on any atom is 0.203 e. The summed E-state index contributed by atoms with van der Waals surface area (Å²) in [5, 5.41) is 0. The minimum absolute atomic E-state index is 0.0667. The number of carbonyl (C=O) groups excluding carboxylic acids is 1. The molecule has 1 aromatic carbocycles. The Morgan fingerprint density at radius 1 is 1.12 bits per heavy atom. The molecule has 0 aliphatic heterocycles. The molecule has 0 bridgehead atoms. The summed E-state index contributed by atoms with van der Waals surface area (Å²) in [6.07, 6.45) is 0. The van der Waals surface area contributed by atoms with Crippen LogP contribution in [0.1, 0.15) is 41.6 Å². The normalized spacial score (nSPS) is 10.8. The summed E-state index contributed by atoms with van der Waals surface area (Å²) in [7, 11) is 3.11. The van der Waals surface area contributed by atoms with E-state index in [1.54, 1.807) is 26.4 Å². The van der Waals surface area contributed by atoms with Crippen molar-refractivity contribution < 1.29 is 19.0 Å². The number of ether oxygens (including phenoxy) is 3. The van der Waals surface area contributed by atoms with Crippen LogP contribution in [0, 0.1) is 13.8 Å². The van der Waals surface area contributed by atoms with Gasteiger partial charge in [0.05, 0.1) is 14.2 Å². The van der Waals surface area contributed by atoms with E-state index in [-0.39, 0.29) is 12.4 Å². The van der Waals surface area contributed by atoms with Crippen molar-refractivity contribution in [1.82, 2.24) is 4.57 Å². The molecule has 0 saturated carbocycles. The predicted molar refractivity (Wildman–Crippen MR) is 93.7 cm³/mol. The number of methoxy groups -OCH3 is 2.